The second kappa shape index (κ2) is 10.2. The summed E-state index contributed by atoms with van der Waals surface area (Å²) in [4.78, 5) is 14.6. The molecular formula is C23H23FN2O4S. The van der Waals surface area contributed by atoms with Crippen LogP contribution in [0.2, 0.25) is 0 Å². The Labute approximate surface area is 181 Å². The normalized spacial score (nSPS) is 11.2. The van der Waals surface area contributed by atoms with Crippen LogP contribution in [0, 0.1) is 5.82 Å². The molecule has 0 fully saturated rings. The van der Waals surface area contributed by atoms with Crippen molar-refractivity contribution in [1.29, 1.82) is 0 Å². The molecule has 0 bridgehead atoms. The van der Waals surface area contributed by atoms with Gasteiger partial charge in [0, 0.05) is 24.3 Å². The molecule has 162 valence electrons. The van der Waals surface area contributed by atoms with Crippen molar-refractivity contribution in [2.24, 2.45) is 0 Å². The lowest BCUT2D eigenvalue weighted by Crippen LogP contribution is -2.34. The van der Waals surface area contributed by atoms with E-state index in [2.05, 4.69) is 4.72 Å². The van der Waals surface area contributed by atoms with E-state index in [-0.39, 0.29) is 23.9 Å². The van der Waals surface area contributed by atoms with Gasteiger partial charge in [0.2, 0.25) is 10.0 Å². The van der Waals surface area contributed by atoms with E-state index in [9.17, 15) is 17.6 Å². The minimum Gasteiger partial charge on any atom is -0.497 e. The van der Waals surface area contributed by atoms with Crippen molar-refractivity contribution in [3.05, 3.63) is 90.2 Å². The number of nitrogens with zero attached hydrogens (tertiary/aromatic N) is 1. The molecule has 0 aromatic heterocycles. The maximum Gasteiger partial charge on any atom is 0.258 e. The van der Waals surface area contributed by atoms with Gasteiger partial charge in [-0.3, -0.25) is 4.79 Å². The van der Waals surface area contributed by atoms with Crippen LogP contribution in [0.15, 0.2) is 83.8 Å². The Balaban J connectivity index is 1.67. The number of hydrogen-bond acceptors (Lipinski definition) is 4. The molecule has 6 nitrogen and oxygen atoms in total. The third-order valence-corrected chi connectivity index (χ3v) is 6.10. The van der Waals surface area contributed by atoms with Gasteiger partial charge in [0.05, 0.1) is 12.0 Å². The fraction of sp³-hybridized carbons (Fsp3) is 0.174. The van der Waals surface area contributed by atoms with Crippen LogP contribution in [-0.2, 0) is 10.0 Å². The first-order valence-corrected chi connectivity index (χ1v) is 11.2. The minimum atomic E-state index is -3.68. The van der Waals surface area contributed by atoms with Crippen LogP contribution in [0.5, 0.6) is 5.75 Å². The molecule has 31 heavy (non-hydrogen) atoms. The molecule has 3 aromatic carbocycles. The standard InChI is InChI=1S/C23H23FN2O4S/c1-30-21-12-14-22(15-13-21)31(28,29)25-16-5-17-26(20-10-8-19(24)9-11-20)23(27)18-6-3-2-4-7-18/h2-4,6-15,25H,5,16-17H2,1H3. The molecule has 3 rings (SSSR count). The molecule has 0 heterocycles. The van der Waals surface area contributed by atoms with E-state index >= 15 is 0 Å². The number of nitrogens with one attached hydrogen (secondary N) is 1. The van der Waals surface area contributed by atoms with E-state index in [0.29, 0.717) is 23.4 Å². The van der Waals surface area contributed by atoms with E-state index < -0.39 is 15.8 Å². The zero-order valence-electron chi connectivity index (χ0n) is 17.0. The maximum atomic E-state index is 13.3. The highest BCUT2D eigenvalue weighted by atomic mass is 32.2. The summed E-state index contributed by atoms with van der Waals surface area (Å²) in [6.07, 6.45) is 0.366. The predicted molar refractivity (Wildman–Crippen MR) is 117 cm³/mol. The Morgan fingerprint density at radius 3 is 2.23 bits per heavy atom. The minimum absolute atomic E-state index is 0.129. The topological polar surface area (TPSA) is 75.7 Å². The van der Waals surface area contributed by atoms with Gasteiger partial charge in [-0.2, -0.15) is 0 Å². The summed E-state index contributed by atoms with van der Waals surface area (Å²) in [6.45, 7) is 0.388. The third kappa shape index (κ3) is 5.90. The van der Waals surface area contributed by atoms with E-state index in [4.69, 9.17) is 4.74 Å². The third-order valence-electron chi connectivity index (χ3n) is 4.62. The lowest BCUT2D eigenvalue weighted by molar-refractivity contribution is 0.0986. The molecule has 0 saturated heterocycles. The smallest absolute Gasteiger partial charge is 0.258 e. The van der Waals surface area contributed by atoms with Crippen LogP contribution in [0.25, 0.3) is 0 Å². The van der Waals surface area contributed by atoms with Gasteiger partial charge >= 0.3 is 0 Å². The number of rotatable bonds is 9. The van der Waals surface area contributed by atoms with Gasteiger partial charge in [-0.05, 0) is 67.1 Å². The summed E-state index contributed by atoms with van der Waals surface area (Å²) < 4.78 is 45.8. The molecule has 0 aliphatic heterocycles. The first-order chi connectivity index (χ1) is 14.9. The number of carbonyl (C=O) groups is 1. The highest BCUT2D eigenvalue weighted by Crippen LogP contribution is 2.19. The molecule has 0 saturated carbocycles. The van der Waals surface area contributed by atoms with Crippen LogP contribution in [0.3, 0.4) is 0 Å². The Hall–Kier alpha value is -3.23. The van der Waals surface area contributed by atoms with Crippen LogP contribution in [0.1, 0.15) is 16.8 Å². The number of amides is 1. The van der Waals surface area contributed by atoms with Gasteiger partial charge in [-0.1, -0.05) is 18.2 Å². The monoisotopic (exact) mass is 442 g/mol. The van der Waals surface area contributed by atoms with Crippen molar-refractivity contribution >= 4 is 21.6 Å². The van der Waals surface area contributed by atoms with Crippen LogP contribution in [0.4, 0.5) is 10.1 Å². The molecule has 0 radical (unpaired) electrons. The van der Waals surface area contributed by atoms with Crippen molar-refractivity contribution in [2.75, 3.05) is 25.1 Å². The van der Waals surface area contributed by atoms with Gasteiger partial charge in [0.15, 0.2) is 0 Å². The van der Waals surface area contributed by atoms with Crippen molar-refractivity contribution < 1.29 is 22.3 Å². The number of carbonyl (C=O) groups excluding carboxylic acids is 1. The number of hydrogen-bond donors (Lipinski definition) is 1. The molecule has 0 unspecified atom stereocenters. The average Bonchev–Trinajstić information content (AvgIpc) is 2.80. The Bertz CT molecular complexity index is 1100. The number of benzene rings is 3. The lowest BCUT2D eigenvalue weighted by atomic mass is 10.1. The van der Waals surface area contributed by atoms with Crippen molar-refractivity contribution in [1.82, 2.24) is 4.72 Å². The molecule has 1 amide bonds. The maximum absolute atomic E-state index is 13.3. The molecular weight excluding hydrogens is 419 g/mol. The molecule has 0 atom stereocenters. The summed E-state index contributed by atoms with van der Waals surface area (Å²) in [5.74, 6) is -0.0818. The van der Waals surface area contributed by atoms with E-state index in [1.165, 1.54) is 48.4 Å². The molecule has 0 aliphatic carbocycles. The Morgan fingerprint density at radius 2 is 1.61 bits per heavy atom. The summed E-state index contributed by atoms with van der Waals surface area (Å²) in [5, 5.41) is 0. The number of sulfonamides is 1. The highest BCUT2D eigenvalue weighted by molar-refractivity contribution is 7.89. The van der Waals surface area contributed by atoms with Crippen LogP contribution >= 0.6 is 0 Å². The first-order valence-electron chi connectivity index (χ1n) is 9.67. The van der Waals surface area contributed by atoms with Gasteiger partial charge in [0.25, 0.3) is 5.91 Å². The van der Waals surface area contributed by atoms with E-state index in [1.807, 2.05) is 6.07 Å². The van der Waals surface area contributed by atoms with E-state index in [0.717, 1.165) is 0 Å². The average molecular weight is 443 g/mol. The van der Waals surface area contributed by atoms with E-state index in [1.54, 1.807) is 36.4 Å². The first kappa shape index (κ1) is 22.5. The molecule has 0 aliphatic rings. The second-order valence-electron chi connectivity index (χ2n) is 6.73. The molecule has 0 spiro atoms. The fourth-order valence-electron chi connectivity index (χ4n) is 2.99. The second-order valence-corrected chi connectivity index (χ2v) is 8.49. The fourth-order valence-corrected chi connectivity index (χ4v) is 4.06. The SMILES string of the molecule is COc1ccc(S(=O)(=O)NCCCN(C(=O)c2ccccc2)c2ccc(F)cc2)cc1. The number of ether oxygens (including phenoxy) is 1. The zero-order chi connectivity index (χ0) is 22.3. The predicted octanol–water partition coefficient (Wildman–Crippen LogP) is 3.85. The molecule has 3 aromatic rings. The Morgan fingerprint density at radius 1 is 0.968 bits per heavy atom. The molecule has 8 heteroatoms. The van der Waals surface area contributed by atoms with Gasteiger partial charge in [0.1, 0.15) is 11.6 Å². The summed E-state index contributed by atoms with van der Waals surface area (Å²) in [7, 11) is -2.18. The summed E-state index contributed by atoms with van der Waals surface area (Å²) in [6, 6.07) is 20.4. The number of methoxy groups -OCH3 is 1. The highest BCUT2D eigenvalue weighted by Gasteiger charge is 2.18. The van der Waals surface area contributed by atoms with Crippen molar-refractivity contribution in [2.45, 2.75) is 11.3 Å². The van der Waals surface area contributed by atoms with Crippen molar-refractivity contribution in [3.63, 3.8) is 0 Å². The number of halogens is 1. The molecule has 1 N–H and O–H groups in total. The zero-order valence-corrected chi connectivity index (χ0v) is 17.8. The van der Waals surface area contributed by atoms with Gasteiger partial charge in [-0.15, -0.1) is 0 Å². The van der Waals surface area contributed by atoms with Crippen LogP contribution in [-0.4, -0.2) is 34.5 Å². The number of anilines is 1. The lowest BCUT2D eigenvalue weighted by Gasteiger charge is -2.23. The largest absolute Gasteiger partial charge is 0.497 e. The Kier molecular flexibility index (Phi) is 7.38. The van der Waals surface area contributed by atoms with Crippen LogP contribution < -0.4 is 14.4 Å². The summed E-state index contributed by atoms with van der Waals surface area (Å²) >= 11 is 0. The quantitative estimate of drug-likeness (QED) is 0.511. The van der Waals surface area contributed by atoms with Crippen molar-refractivity contribution in [3.8, 4) is 5.75 Å². The van der Waals surface area contributed by atoms with Gasteiger partial charge < -0.3 is 9.64 Å². The summed E-state index contributed by atoms with van der Waals surface area (Å²) in [5.41, 5.74) is 1.03. The van der Waals surface area contributed by atoms with Gasteiger partial charge in [-0.25, -0.2) is 17.5 Å².